The molecule has 0 saturated carbocycles. The summed E-state index contributed by atoms with van der Waals surface area (Å²) in [6.07, 6.45) is -0.332. The molecule has 0 aliphatic heterocycles. The van der Waals surface area contributed by atoms with Crippen molar-refractivity contribution < 1.29 is 18.4 Å². The molecule has 1 rings (SSSR count). The molecule has 0 spiro atoms. The summed E-state index contributed by atoms with van der Waals surface area (Å²) in [5.41, 5.74) is -0.170. The van der Waals surface area contributed by atoms with E-state index in [9.17, 15) is 23.6 Å². The van der Waals surface area contributed by atoms with E-state index in [2.05, 4.69) is 4.72 Å². The number of nitrogens with one attached hydrogen (secondary N) is 1. The normalized spacial score (nSPS) is 14.9. The Hall–Kier alpha value is -1.51. The second-order valence-electron chi connectivity index (χ2n) is 4.36. The van der Waals surface area contributed by atoms with Gasteiger partial charge in [-0.05, 0) is 32.4 Å². The number of sulfonamides is 1. The lowest BCUT2D eigenvalue weighted by atomic mass is 10.2. The van der Waals surface area contributed by atoms with Crippen LogP contribution in [0.5, 0.6) is 0 Å². The fourth-order valence-electron chi connectivity index (χ4n) is 1.64. The first kappa shape index (κ1) is 15.5. The third-order valence-corrected chi connectivity index (χ3v) is 4.01. The van der Waals surface area contributed by atoms with Crippen molar-refractivity contribution in [2.24, 2.45) is 0 Å². The minimum atomic E-state index is -3.73. The Labute approximate surface area is 111 Å². The molecule has 0 saturated heterocycles. The van der Waals surface area contributed by atoms with Crippen LogP contribution < -0.4 is 4.72 Å². The summed E-state index contributed by atoms with van der Waals surface area (Å²) in [5, 5.41) is 19.7. The highest BCUT2D eigenvalue weighted by molar-refractivity contribution is 7.89. The molecule has 0 fully saturated rings. The molecule has 0 aromatic heterocycles. The molecule has 0 bridgehead atoms. The van der Waals surface area contributed by atoms with Crippen molar-refractivity contribution in [1.29, 1.82) is 0 Å². The van der Waals surface area contributed by atoms with Gasteiger partial charge in [-0.3, -0.25) is 10.1 Å². The number of rotatable bonds is 6. The molecular weight excluding hydrogens is 272 g/mol. The van der Waals surface area contributed by atoms with Gasteiger partial charge in [0.05, 0.1) is 15.9 Å². The Balaban J connectivity index is 2.85. The number of hydrogen-bond donors (Lipinski definition) is 2. The molecule has 8 heteroatoms. The van der Waals surface area contributed by atoms with Crippen LogP contribution in [-0.2, 0) is 10.0 Å². The van der Waals surface area contributed by atoms with Crippen molar-refractivity contribution in [2.75, 3.05) is 0 Å². The lowest BCUT2D eigenvalue weighted by Crippen LogP contribution is -2.34. The van der Waals surface area contributed by atoms with E-state index in [0.717, 1.165) is 12.1 Å². The number of non-ortho nitro benzene ring substituents is 1. The highest BCUT2D eigenvalue weighted by atomic mass is 32.2. The van der Waals surface area contributed by atoms with E-state index in [1.54, 1.807) is 13.8 Å². The molecule has 2 atom stereocenters. The van der Waals surface area contributed by atoms with E-state index >= 15 is 0 Å². The standard InChI is InChI=1S/C11H16N2O5S/c1-8(7-9(2)14)12-19(17,18)11-5-3-10(4-6-11)13(15)16/h3-6,8-9,12,14H,7H2,1-2H3. The molecule has 0 amide bonds. The fraction of sp³-hybridized carbons (Fsp3) is 0.455. The molecule has 0 radical (unpaired) electrons. The van der Waals surface area contributed by atoms with Crippen LogP contribution >= 0.6 is 0 Å². The quantitative estimate of drug-likeness (QED) is 0.600. The molecule has 0 aliphatic carbocycles. The lowest BCUT2D eigenvalue weighted by molar-refractivity contribution is -0.384. The molecule has 7 nitrogen and oxygen atoms in total. The Morgan fingerprint density at radius 2 is 1.84 bits per heavy atom. The highest BCUT2D eigenvalue weighted by Crippen LogP contribution is 2.16. The Kier molecular flexibility index (Phi) is 4.98. The largest absolute Gasteiger partial charge is 0.393 e. The molecule has 1 aromatic carbocycles. The third kappa shape index (κ3) is 4.58. The average molecular weight is 288 g/mol. The van der Waals surface area contributed by atoms with Crippen LogP contribution in [0.25, 0.3) is 0 Å². The van der Waals surface area contributed by atoms with Gasteiger partial charge < -0.3 is 5.11 Å². The van der Waals surface area contributed by atoms with Gasteiger partial charge in [0.1, 0.15) is 0 Å². The smallest absolute Gasteiger partial charge is 0.269 e. The molecule has 0 aliphatic rings. The second kappa shape index (κ2) is 6.09. The van der Waals surface area contributed by atoms with Crippen LogP contribution in [0.4, 0.5) is 5.69 Å². The van der Waals surface area contributed by atoms with E-state index in [4.69, 9.17) is 0 Å². The zero-order valence-electron chi connectivity index (χ0n) is 10.6. The Morgan fingerprint density at radius 3 is 2.26 bits per heavy atom. The fourth-order valence-corrected chi connectivity index (χ4v) is 2.90. The highest BCUT2D eigenvalue weighted by Gasteiger charge is 2.19. The predicted molar refractivity (Wildman–Crippen MR) is 69.2 cm³/mol. The van der Waals surface area contributed by atoms with Crippen molar-refractivity contribution in [3.8, 4) is 0 Å². The maximum atomic E-state index is 11.9. The van der Waals surface area contributed by atoms with Gasteiger partial charge in [0.25, 0.3) is 5.69 Å². The number of benzene rings is 1. The number of aliphatic hydroxyl groups is 1. The van der Waals surface area contributed by atoms with E-state index in [-0.39, 0.29) is 17.0 Å². The maximum Gasteiger partial charge on any atom is 0.269 e. The lowest BCUT2D eigenvalue weighted by Gasteiger charge is -2.15. The van der Waals surface area contributed by atoms with Gasteiger partial charge in [-0.2, -0.15) is 0 Å². The average Bonchev–Trinajstić information content (AvgIpc) is 2.27. The molecule has 2 N–H and O–H groups in total. The van der Waals surface area contributed by atoms with Crippen LogP contribution in [0.2, 0.25) is 0 Å². The monoisotopic (exact) mass is 288 g/mol. The van der Waals surface area contributed by atoms with E-state index < -0.39 is 27.1 Å². The van der Waals surface area contributed by atoms with Crippen LogP contribution in [0.15, 0.2) is 29.2 Å². The first-order valence-electron chi connectivity index (χ1n) is 5.67. The Bertz CT molecular complexity index is 539. The zero-order valence-corrected chi connectivity index (χ0v) is 11.4. The number of aliphatic hydroxyl groups excluding tert-OH is 1. The summed E-state index contributed by atoms with van der Waals surface area (Å²) in [7, 11) is -3.73. The van der Waals surface area contributed by atoms with Gasteiger partial charge in [-0.25, -0.2) is 13.1 Å². The van der Waals surface area contributed by atoms with E-state index in [1.165, 1.54) is 12.1 Å². The number of hydrogen-bond acceptors (Lipinski definition) is 5. The number of nitro benzene ring substituents is 1. The first-order chi connectivity index (χ1) is 8.72. The molecule has 106 valence electrons. The summed E-state index contributed by atoms with van der Waals surface area (Å²) in [6.45, 7) is 3.20. The van der Waals surface area contributed by atoms with Gasteiger partial charge in [-0.15, -0.1) is 0 Å². The van der Waals surface area contributed by atoms with Crippen LogP contribution in [0, 0.1) is 10.1 Å². The Morgan fingerprint density at radius 1 is 1.32 bits per heavy atom. The van der Waals surface area contributed by atoms with E-state index in [0.29, 0.717) is 0 Å². The summed E-state index contributed by atoms with van der Waals surface area (Å²) in [4.78, 5) is 9.83. The minimum absolute atomic E-state index is 0.0458. The molecular formula is C11H16N2O5S. The van der Waals surface area contributed by atoms with Crippen molar-refractivity contribution in [2.45, 2.75) is 37.3 Å². The molecule has 2 unspecified atom stereocenters. The minimum Gasteiger partial charge on any atom is -0.393 e. The summed E-state index contributed by atoms with van der Waals surface area (Å²) in [5.74, 6) is 0. The van der Waals surface area contributed by atoms with Gasteiger partial charge in [0.2, 0.25) is 10.0 Å². The van der Waals surface area contributed by atoms with Crippen LogP contribution in [0.3, 0.4) is 0 Å². The van der Waals surface area contributed by atoms with Gasteiger partial charge >= 0.3 is 0 Å². The van der Waals surface area contributed by atoms with Crippen molar-refractivity contribution in [1.82, 2.24) is 4.72 Å². The maximum absolute atomic E-state index is 11.9. The van der Waals surface area contributed by atoms with Crippen LogP contribution in [-0.4, -0.2) is 30.6 Å². The molecule has 1 aromatic rings. The van der Waals surface area contributed by atoms with E-state index in [1.807, 2.05) is 0 Å². The number of nitrogens with zero attached hydrogens (tertiary/aromatic N) is 1. The topological polar surface area (TPSA) is 110 Å². The summed E-state index contributed by atoms with van der Waals surface area (Å²) in [6, 6.07) is 4.19. The van der Waals surface area contributed by atoms with Gasteiger partial charge in [0, 0.05) is 18.2 Å². The second-order valence-corrected chi connectivity index (χ2v) is 6.07. The predicted octanol–water partition coefficient (Wildman–Crippen LogP) is 1.03. The van der Waals surface area contributed by atoms with Gasteiger partial charge in [0.15, 0.2) is 0 Å². The first-order valence-corrected chi connectivity index (χ1v) is 7.15. The van der Waals surface area contributed by atoms with Crippen molar-refractivity contribution in [3.63, 3.8) is 0 Å². The summed E-state index contributed by atoms with van der Waals surface area (Å²) < 4.78 is 26.3. The van der Waals surface area contributed by atoms with Gasteiger partial charge in [-0.1, -0.05) is 0 Å². The zero-order chi connectivity index (χ0) is 14.6. The summed E-state index contributed by atoms with van der Waals surface area (Å²) >= 11 is 0. The SMILES string of the molecule is CC(O)CC(C)NS(=O)(=O)c1ccc([N+](=O)[O-])cc1. The number of nitro groups is 1. The van der Waals surface area contributed by atoms with Crippen molar-refractivity contribution >= 4 is 15.7 Å². The van der Waals surface area contributed by atoms with Crippen molar-refractivity contribution in [3.05, 3.63) is 34.4 Å². The third-order valence-electron chi connectivity index (χ3n) is 2.41. The molecule has 19 heavy (non-hydrogen) atoms. The van der Waals surface area contributed by atoms with Crippen LogP contribution in [0.1, 0.15) is 20.3 Å². The molecule has 0 heterocycles.